The quantitative estimate of drug-likeness (QED) is 0.756. The van der Waals surface area contributed by atoms with Crippen molar-refractivity contribution in [3.05, 3.63) is 35.3 Å². The lowest BCUT2D eigenvalue weighted by atomic mass is 9.91. The van der Waals surface area contributed by atoms with Crippen molar-refractivity contribution in [2.45, 2.75) is 32.6 Å². The Bertz CT molecular complexity index is 562. The molecule has 1 fully saturated rings. The van der Waals surface area contributed by atoms with E-state index in [1.807, 2.05) is 6.26 Å². The third-order valence-corrected chi connectivity index (χ3v) is 4.33. The average molecular weight is 243 g/mol. The van der Waals surface area contributed by atoms with Crippen LogP contribution in [0, 0.1) is 13.8 Å². The SMILES string of the molecule is Cc1cc2coc(C3CCN(C)CC3)c2cc1C. The smallest absolute Gasteiger partial charge is 0.114 e. The fourth-order valence-electron chi connectivity index (χ4n) is 2.93. The molecule has 0 bridgehead atoms. The van der Waals surface area contributed by atoms with Gasteiger partial charge in [-0.2, -0.15) is 0 Å². The molecule has 0 saturated carbocycles. The van der Waals surface area contributed by atoms with Gasteiger partial charge in [0.25, 0.3) is 0 Å². The Morgan fingerprint density at radius 3 is 2.50 bits per heavy atom. The molecule has 0 N–H and O–H groups in total. The van der Waals surface area contributed by atoms with Gasteiger partial charge in [0, 0.05) is 16.7 Å². The summed E-state index contributed by atoms with van der Waals surface area (Å²) >= 11 is 0. The molecule has 1 aromatic carbocycles. The Kier molecular flexibility index (Phi) is 2.90. The molecule has 1 saturated heterocycles. The van der Waals surface area contributed by atoms with Crippen LogP contribution in [-0.4, -0.2) is 25.0 Å². The minimum atomic E-state index is 0.598. The van der Waals surface area contributed by atoms with Crippen molar-refractivity contribution >= 4 is 10.8 Å². The van der Waals surface area contributed by atoms with Gasteiger partial charge in [0.1, 0.15) is 5.76 Å². The molecule has 0 aliphatic carbocycles. The summed E-state index contributed by atoms with van der Waals surface area (Å²) in [7, 11) is 2.20. The molecule has 2 heterocycles. The van der Waals surface area contributed by atoms with Crippen LogP contribution in [0.2, 0.25) is 0 Å². The van der Waals surface area contributed by atoms with E-state index in [2.05, 4.69) is 37.9 Å². The van der Waals surface area contributed by atoms with Crippen LogP contribution in [0.3, 0.4) is 0 Å². The van der Waals surface area contributed by atoms with Gasteiger partial charge >= 0.3 is 0 Å². The van der Waals surface area contributed by atoms with E-state index in [-0.39, 0.29) is 0 Å². The second kappa shape index (κ2) is 4.43. The van der Waals surface area contributed by atoms with E-state index in [0.29, 0.717) is 5.92 Å². The minimum absolute atomic E-state index is 0.598. The first-order valence-electron chi connectivity index (χ1n) is 6.82. The lowest BCUT2D eigenvalue weighted by molar-refractivity contribution is 0.241. The van der Waals surface area contributed by atoms with Crippen molar-refractivity contribution in [2.24, 2.45) is 0 Å². The summed E-state index contributed by atoms with van der Waals surface area (Å²) in [6, 6.07) is 4.54. The second-order valence-electron chi connectivity index (χ2n) is 5.70. The van der Waals surface area contributed by atoms with Crippen LogP contribution in [0.15, 0.2) is 22.8 Å². The van der Waals surface area contributed by atoms with Crippen molar-refractivity contribution in [2.75, 3.05) is 20.1 Å². The number of fused-ring (bicyclic) bond motifs is 1. The van der Waals surface area contributed by atoms with Gasteiger partial charge in [0.2, 0.25) is 0 Å². The fourth-order valence-corrected chi connectivity index (χ4v) is 2.93. The zero-order valence-corrected chi connectivity index (χ0v) is 11.5. The first kappa shape index (κ1) is 11.8. The molecule has 2 aromatic rings. The highest BCUT2D eigenvalue weighted by molar-refractivity contribution is 5.86. The van der Waals surface area contributed by atoms with E-state index in [4.69, 9.17) is 4.42 Å². The van der Waals surface area contributed by atoms with Crippen LogP contribution in [0.5, 0.6) is 0 Å². The zero-order chi connectivity index (χ0) is 12.7. The van der Waals surface area contributed by atoms with Crippen LogP contribution in [0.1, 0.15) is 35.6 Å². The number of hydrogen-bond donors (Lipinski definition) is 0. The summed E-state index contributed by atoms with van der Waals surface area (Å²) in [5.41, 5.74) is 2.70. The number of aryl methyl sites for hydroxylation is 2. The normalized spacial score (nSPS) is 18.6. The van der Waals surface area contributed by atoms with Gasteiger partial charge in [-0.15, -0.1) is 0 Å². The van der Waals surface area contributed by atoms with Crippen molar-refractivity contribution in [1.82, 2.24) is 4.90 Å². The Morgan fingerprint density at radius 2 is 1.78 bits per heavy atom. The Hall–Kier alpha value is -1.28. The van der Waals surface area contributed by atoms with Crippen LogP contribution in [0.4, 0.5) is 0 Å². The number of hydrogen-bond acceptors (Lipinski definition) is 2. The van der Waals surface area contributed by atoms with Gasteiger partial charge in [0.15, 0.2) is 0 Å². The average Bonchev–Trinajstić information content (AvgIpc) is 2.74. The Morgan fingerprint density at radius 1 is 1.11 bits per heavy atom. The Balaban J connectivity index is 1.99. The molecule has 18 heavy (non-hydrogen) atoms. The standard InChI is InChI=1S/C16H21NO/c1-11-8-14-10-18-16(15(14)9-12(11)2)13-4-6-17(3)7-5-13/h8-10,13H,4-7H2,1-3H3. The largest absolute Gasteiger partial charge is 0.468 e. The zero-order valence-electron chi connectivity index (χ0n) is 11.5. The van der Waals surface area contributed by atoms with Crippen LogP contribution in [-0.2, 0) is 0 Å². The maximum absolute atomic E-state index is 5.88. The van der Waals surface area contributed by atoms with Gasteiger partial charge in [-0.3, -0.25) is 0 Å². The molecular formula is C16H21NO. The summed E-state index contributed by atoms with van der Waals surface area (Å²) in [5.74, 6) is 1.81. The number of furan rings is 1. The van der Waals surface area contributed by atoms with Gasteiger partial charge < -0.3 is 9.32 Å². The predicted octanol–water partition coefficient (Wildman–Crippen LogP) is 3.86. The molecule has 0 spiro atoms. The van der Waals surface area contributed by atoms with Crippen molar-refractivity contribution < 1.29 is 4.42 Å². The molecule has 1 aliphatic rings. The van der Waals surface area contributed by atoms with E-state index in [1.54, 1.807) is 0 Å². The fraction of sp³-hybridized carbons (Fsp3) is 0.500. The van der Waals surface area contributed by atoms with Crippen molar-refractivity contribution in [3.8, 4) is 0 Å². The van der Waals surface area contributed by atoms with E-state index in [9.17, 15) is 0 Å². The summed E-state index contributed by atoms with van der Waals surface area (Å²) in [4.78, 5) is 2.40. The van der Waals surface area contributed by atoms with Gasteiger partial charge in [-0.05, 0) is 70.1 Å². The summed E-state index contributed by atoms with van der Waals surface area (Å²) in [5, 5.41) is 2.58. The molecule has 0 unspecified atom stereocenters. The first-order valence-corrected chi connectivity index (χ1v) is 6.82. The lowest BCUT2D eigenvalue weighted by Crippen LogP contribution is -2.29. The maximum atomic E-state index is 5.88. The molecule has 2 nitrogen and oxygen atoms in total. The highest BCUT2D eigenvalue weighted by Crippen LogP contribution is 2.35. The van der Waals surface area contributed by atoms with E-state index < -0.39 is 0 Å². The number of nitrogens with zero attached hydrogens (tertiary/aromatic N) is 1. The molecule has 0 amide bonds. The van der Waals surface area contributed by atoms with Gasteiger partial charge in [-0.1, -0.05) is 0 Å². The lowest BCUT2D eigenvalue weighted by Gasteiger charge is -2.27. The van der Waals surface area contributed by atoms with Crippen LogP contribution in [0.25, 0.3) is 10.8 Å². The second-order valence-corrected chi connectivity index (χ2v) is 5.70. The summed E-state index contributed by atoms with van der Waals surface area (Å²) in [6.07, 6.45) is 4.35. The topological polar surface area (TPSA) is 16.4 Å². The molecule has 96 valence electrons. The van der Waals surface area contributed by atoms with Gasteiger partial charge in [-0.25, -0.2) is 0 Å². The molecule has 0 radical (unpaired) electrons. The molecule has 1 aliphatic heterocycles. The van der Waals surface area contributed by atoms with E-state index in [0.717, 1.165) is 0 Å². The third kappa shape index (κ3) is 1.95. The van der Waals surface area contributed by atoms with Crippen LogP contribution >= 0.6 is 0 Å². The molecule has 0 atom stereocenters. The third-order valence-electron chi connectivity index (χ3n) is 4.33. The maximum Gasteiger partial charge on any atom is 0.114 e. The number of piperidine rings is 1. The first-order chi connectivity index (χ1) is 8.65. The van der Waals surface area contributed by atoms with E-state index >= 15 is 0 Å². The number of rotatable bonds is 1. The predicted molar refractivity (Wildman–Crippen MR) is 75.2 cm³/mol. The van der Waals surface area contributed by atoms with Gasteiger partial charge in [0.05, 0.1) is 6.26 Å². The van der Waals surface area contributed by atoms with Crippen LogP contribution < -0.4 is 0 Å². The monoisotopic (exact) mass is 243 g/mol. The van der Waals surface area contributed by atoms with Crippen molar-refractivity contribution in [3.63, 3.8) is 0 Å². The Labute approximate surface area is 109 Å². The summed E-state index contributed by atoms with van der Waals surface area (Å²) in [6.45, 7) is 6.70. The molecule has 1 aromatic heterocycles. The molecular weight excluding hydrogens is 222 g/mol. The highest BCUT2D eigenvalue weighted by Gasteiger charge is 2.23. The van der Waals surface area contributed by atoms with E-state index in [1.165, 1.54) is 53.6 Å². The number of likely N-dealkylation sites (tertiary alicyclic amines) is 1. The molecule has 2 heteroatoms. The summed E-state index contributed by atoms with van der Waals surface area (Å²) < 4.78 is 5.88. The highest BCUT2D eigenvalue weighted by atomic mass is 16.3. The minimum Gasteiger partial charge on any atom is -0.468 e. The molecule has 3 rings (SSSR count). The van der Waals surface area contributed by atoms with Crippen molar-refractivity contribution in [1.29, 1.82) is 0 Å². The number of benzene rings is 1.